The Balaban J connectivity index is 2.67. The molecule has 1 aromatic carbocycles. The predicted octanol–water partition coefficient (Wildman–Crippen LogP) is 0.625. The van der Waals surface area contributed by atoms with Crippen LogP contribution in [0, 0.1) is 0 Å². The van der Waals surface area contributed by atoms with Crippen LogP contribution in [0.4, 0.5) is 5.69 Å². The van der Waals surface area contributed by atoms with Gasteiger partial charge in [0.05, 0.1) is 5.75 Å². The Bertz CT molecular complexity index is 595. The van der Waals surface area contributed by atoms with Crippen LogP contribution in [-0.4, -0.2) is 43.3 Å². The molecular weight excluding hydrogens is 282 g/mol. The topological polar surface area (TPSA) is 101 Å². The minimum atomic E-state index is -3.53. The Hall–Kier alpha value is -1.73. The van der Waals surface area contributed by atoms with Crippen molar-refractivity contribution in [2.75, 3.05) is 23.4 Å². The van der Waals surface area contributed by atoms with E-state index in [2.05, 4.69) is 5.32 Å². The van der Waals surface area contributed by atoms with Crippen LogP contribution in [0.15, 0.2) is 24.3 Å². The van der Waals surface area contributed by atoms with Crippen LogP contribution in [0.25, 0.3) is 0 Å². The second-order valence-corrected chi connectivity index (χ2v) is 6.54. The molecule has 0 saturated heterocycles. The van der Waals surface area contributed by atoms with Crippen LogP contribution >= 0.6 is 0 Å². The van der Waals surface area contributed by atoms with Crippen molar-refractivity contribution in [1.82, 2.24) is 0 Å². The Morgan fingerprint density at radius 3 is 2.60 bits per heavy atom. The molecule has 1 aromatic rings. The Labute approximate surface area is 117 Å². The van der Waals surface area contributed by atoms with Crippen molar-refractivity contribution in [1.29, 1.82) is 0 Å². The molecule has 7 heteroatoms. The summed E-state index contributed by atoms with van der Waals surface area (Å²) in [6.07, 6.45) is 0.107. The van der Waals surface area contributed by atoms with Gasteiger partial charge < -0.3 is 10.4 Å². The molecule has 0 unspecified atom stereocenters. The molecule has 0 atom stereocenters. The van der Waals surface area contributed by atoms with E-state index in [1.165, 1.54) is 13.0 Å². The summed E-state index contributed by atoms with van der Waals surface area (Å²) in [5.74, 6) is -1.68. The number of nitrogens with one attached hydrogen (secondary N) is 1. The van der Waals surface area contributed by atoms with Gasteiger partial charge >= 0.3 is 0 Å². The number of sulfone groups is 1. The summed E-state index contributed by atoms with van der Waals surface area (Å²) in [5, 5.41) is 11.0. The maximum Gasteiger partial charge on any atom is 0.239 e. The van der Waals surface area contributed by atoms with Gasteiger partial charge in [-0.05, 0) is 25.5 Å². The molecule has 1 rings (SSSR count). The van der Waals surface area contributed by atoms with Crippen molar-refractivity contribution in [3.8, 4) is 0 Å². The van der Waals surface area contributed by atoms with Gasteiger partial charge in [-0.3, -0.25) is 9.59 Å². The molecule has 0 heterocycles. The lowest BCUT2D eigenvalue weighted by Gasteiger charge is -2.07. The zero-order valence-corrected chi connectivity index (χ0v) is 11.9. The summed E-state index contributed by atoms with van der Waals surface area (Å²) in [5.41, 5.74) is 0.811. The third-order valence-electron chi connectivity index (χ3n) is 2.52. The molecule has 0 spiro atoms. The van der Waals surface area contributed by atoms with Gasteiger partial charge in [0.15, 0.2) is 15.6 Å². The van der Waals surface area contributed by atoms with E-state index in [0.717, 1.165) is 0 Å². The highest BCUT2D eigenvalue weighted by Crippen LogP contribution is 2.11. The first kappa shape index (κ1) is 16.3. The number of carbonyl (C=O) groups is 2. The van der Waals surface area contributed by atoms with Gasteiger partial charge in [0.1, 0.15) is 5.75 Å². The summed E-state index contributed by atoms with van der Waals surface area (Å²) >= 11 is 0. The van der Waals surface area contributed by atoms with Crippen molar-refractivity contribution in [2.45, 2.75) is 13.3 Å². The first-order valence-electron chi connectivity index (χ1n) is 6.06. The van der Waals surface area contributed by atoms with Crippen molar-refractivity contribution >= 4 is 27.2 Å². The Morgan fingerprint density at radius 2 is 2.00 bits per heavy atom. The number of Topliss-reactive ketones (excluding diaryl/α,β-unsaturated/α-hetero) is 1. The highest BCUT2D eigenvalue weighted by molar-refractivity contribution is 7.92. The Morgan fingerprint density at radius 1 is 1.30 bits per heavy atom. The summed E-state index contributed by atoms with van der Waals surface area (Å²) in [6, 6.07) is 6.27. The lowest BCUT2D eigenvalue weighted by molar-refractivity contribution is -0.113. The van der Waals surface area contributed by atoms with Crippen LogP contribution in [0.2, 0.25) is 0 Å². The van der Waals surface area contributed by atoms with Crippen LogP contribution in [0.1, 0.15) is 23.7 Å². The van der Waals surface area contributed by atoms with Gasteiger partial charge in [-0.2, -0.15) is 0 Å². The van der Waals surface area contributed by atoms with Crippen molar-refractivity contribution in [3.63, 3.8) is 0 Å². The van der Waals surface area contributed by atoms with Gasteiger partial charge in [-0.1, -0.05) is 12.1 Å². The number of ketones is 1. The number of benzene rings is 1. The van der Waals surface area contributed by atoms with Gasteiger partial charge in [-0.15, -0.1) is 0 Å². The van der Waals surface area contributed by atoms with Crippen LogP contribution in [0.3, 0.4) is 0 Å². The van der Waals surface area contributed by atoms with Crippen LogP contribution < -0.4 is 5.32 Å². The molecule has 0 aliphatic carbocycles. The first-order valence-corrected chi connectivity index (χ1v) is 7.88. The lowest BCUT2D eigenvalue weighted by atomic mass is 10.1. The Kier molecular flexibility index (Phi) is 5.84. The average molecular weight is 299 g/mol. The van der Waals surface area contributed by atoms with Gasteiger partial charge in [0.2, 0.25) is 5.91 Å². The number of hydrogen-bond donors (Lipinski definition) is 2. The van der Waals surface area contributed by atoms with Crippen molar-refractivity contribution in [2.24, 2.45) is 0 Å². The zero-order chi connectivity index (χ0) is 15.2. The van der Waals surface area contributed by atoms with E-state index in [1.54, 1.807) is 18.2 Å². The molecule has 0 saturated carbocycles. The standard InChI is InChI=1S/C13H17NO5S/c1-10(16)11-4-2-5-12(8-11)14-13(17)9-20(18,19)7-3-6-15/h2,4-5,8,15H,3,6-7,9H2,1H3,(H,14,17). The van der Waals surface area contributed by atoms with Gasteiger partial charge in [0.25, 0.3) is 0 Å². The molecule has 0 radical (unpaired) electrons. The van der Waals surface area contributed by atoms with E-state index in [0.29, 0.717) is 11.3 Å². The number of hydrogen-bond acceptors (Lipinski definition) is 5. The lowest BCUT2D eigenvalue weighted by Crippen LogP contribution is -2.25. The molecule has 110 valence electrons. The second-order valence-electron chi connectivity index (χ2n) is 4.35. The summed E-state index contributed by atoms with van der Waals surface area (Å²) in [4.78, 5) is 22.8. The highest BCUT2D eigenvalue weighted by Gasteiger charge is 2.16. The largest absolute Gasteiger partial charge is 0.396 e. The number of anilines is 1. The normalized spacial score (nSPS) is 11.1. The third-order valence-corrected chi connectivity index (χ3v) is 4.13. The summed E-state index contributed by atoms with van der Waals surface area (Å²) in [7, 11) is -3.53. The molecule has 0 aliphatic heterocycles. The smallest absolute Gasteiger partial charge is 0.239 e. The number of carbonyl (C=O) groups excluding carboxylic acids is 2. The number of aliphatic hydroxyl groups is 1. The maximum atomic E-state index is 11.6. The van der Waals surface area contributed by atoms with Crippen molar-refractivity contribution < 1.29 is 23.1 Å². The van der Waals surface area contributed by atoms with Gasteiger partial charge in [0, 0.05) is 17.9 Å². The minimum Gasteiger partial charge on any atom is -0.396 e. The highest BCUT2D eigenvalue weighted by atomic mass is 32.2. The molecule has 0 aromatic heterocycles. The number of aliphatic hydroxyl groups excluding tert-OH is 1. The fraction of sp³-hybridized carbons (Fsp3) is 0.385. The first-order chi connectivity index (χ1) is 9.34. The SMILES string of the molecule is CC(=O)c1cccc(NC(=O)CS(=O)(=O)CCCO)c1. The molecular formula is C13H17NO5S. The second kappa shape index (κ2) is 7.16. The molecule has 0 fully saturated rings. The van der Waals surface area contributed by atoms with E-state index >= 15 is 0 Å². The van der Waals surface area contributed by atoms with Crippen molar-refractivity contribution in [3.05, 3.63) is 29.8 Å². The molecule has 0 aliphatic rings. The molecule has 1 amide bonds. The fourth-order valence-corrected chi connectivity index (χ4v) is 2.75. The summed E-state index contributed by atoms with van der Waals surface area (Å²) < 4.78 is 23.1. The van der Waals surface area contributed by atoms with E-state index in [4.69, 9.17) is 5.11 Å². The predicted molar refractivity (Wildman–Crippen MR) is 75.4 cm³/mol. The quantitative estimate of drug-likeness (QED) is 0.719. The molecule has 20 heavy (non-hydrogen) atoms. The molecule has 2 N–H and O–H groups in total. The van der Waals surface area contributed by atoms with Crippen LogP contribution in [-0.2, 0) is 14.6 Å². The van der Waals surface area contributed by atoms with E-state index in [1.807, 2.05) is 0 Å². The fourth-order valence-electron chi connectivity index (χ4n) is 1.57. The van der Waals surface area contributed by atoms with E-state index < -0.39 is 21.5 Å². The van der Waals surface area contributed by atoms with Gasteiger partial charge in [-0.25, -0.2) is 8.42 Å². The number of amides is 1. The minimum absolute atomic E-state index is 0.107. The summed E-state index contributed by atoms with van der Waals surface area (Å²) in [6.45, 7) is 1.17. The maximum absolute atomic E-state index is 11.6. The average Bonchev–Trinajstić information content (AvgIpc) is 2.36. The third kappa shape index (κ3) is 5.50. The number of rotatable bonds is 7. The molecule has 0 bridgehead atoms. The zero-order valence-electron chi connectivity index (χ0n) is 11.1. The van der Waals surface area contributed by atoms with E-state index in [9.17, 15) is 18.0 Å². The molecule has 6 nitrogen and oxygen atoms in total. The van der Waals surface area contributed by atoms with E-state index in [-0.39, 0.29) is 24.6 Å². The monoisotopic (exact) mass is 299 g/mol. The van der Waals surface area contributed by atoms with Crippen LogP contribution in [0.5, 0.6) is 0 Å².